The summed E-state index contributed by atoms with van der Waals surface area (Å²) in [7, 11) is 0. The van der Waals surface area contributed by atoms with E-state index in [9.17, 15) is 22.7 Å². The van der Waals surface area contributed by atoms with Crippen molar-refractivity contribution in [1.82, 2.24) is 0 Å². The fourth-order valence-electron chi connectivity index (χ4n) is 1.88. The highest BCUT2D eigenvalue weighted by atomic mass is 79.9. The Morgan fingerprint density at radius 1 is 1.25 bits per heavy atom. The van der Waals surface area contributed by atoms with Crippen LogP contribution in [0.4, 0.5) is 17.6 Å². The summed E-state index contributed by atoms with van der Waals surface area (Å²) in [5.74, 6) is -1.44. The van der Waals surface area contributed by atoms with E-state index in [1.807, 2.05) is 0 Å². The van der Waals surface area contributed by atoms with Gasteiger partial charge in [0.05, 0.1) is 9.35 Å². The van der Waals surface area contributed by atoms with Crippen LogP contribution in [0.5, 0.6) is 0 Å². The molecule has 0 saturated heterocycles. The minimum atomic E-state index is -4.79. The molecule has 1 N–H and O–H groups in total. The molecule has 108 valence electrons. The molecule has 1 heterocycles. The summed E-state index contributed by atoms with van der Waals surface area (Å²) in [5.41, 5.74) is -1.37. The summed E-state index contributed by atoms with van der Waals surface area (Å²) < 4.78 is 52.6. The fourth-order valence-corrected chi connectivity index (χ4v) is 3.62. The van der Waals surface area contributed by atoms with Gasteiger partial charge in [0.2, 0.25) is 0 Å². The smallest absolute Gasteiger partial charge is 0.384 e. The standard InChI is InChI=1S/C13H9BrF4OS/c1-6-8(5-10(14)20-6)12(19)7-3-2-4-9(11(7)15)13(16,17)18/h2-5,12,19H,1H3. The zero-order valence-electron chi connectivity index (χ0n) is 10.1. The number of hydrogen-bond acceptors (Lipinski definition) is 2. The fraction of sp³-hybridized carbons (Fsp3) is 0.231. The molecule has 0 spiro atoms. The Hall–Kier alpha value is -0.920. The van der Waals surface area contributed by atoms with Crippen molar-refractivity contribution in [3.05, 3.63) is 55.4 Å². The molecule has 1 unspecified atom stereocenters. The third-order valence-corrected chi connectivity index (χ3v) is 4.42. The maximum atomic E-state index is 14.0. The van der Waals surface area contributed by atoms with Crippen LogP contribution in [0.25, 0.3) is 0 Å². The molecule has 0 aliphatic carbocycles. The molecule has 2 aromatic rings. The second-order valence-electron chi connectivity index (χ2n) is 4.17. The van der Waals surface area contributed by atoms with E-state index in [2.05, 4.69) is 15.9 Å². The summed E-state index contributed by atoms with van der Waals surface area (Å²) >= 11 is 4.54. The van der Waals surface area contributed by atoms with Crippen LogP contribution in [0.2, 0.25) is 0 Å². The molecule has 7 heteroatoms. The van der Waals surface area contributed by atoms with Crippen LogP contribution in [-0.4, -0.2) is 5.11 Å². The highest BCUT2D eigenvalue weighted by molar-refractivity contribution is 9.11. The summed E-state index contributed by atoms with van der Waals surface area (Å²) in [6.07, 6.45) is -6.22. The van der Waals surface area contributed by atoms with Gasteiger partial charge in [-0.25, -0.2) is 4.39 Å². The Bertz CT molecular complexity index is 636. The van der Waals surface area contributed by atoms with E-state index in [1.165, 1.54) is 11.3 Å². The van der Waals surface area contributed by atoms with E-state index < -0.39 is 23.7 Å². The lowest BCUT2D eigenvalue weighted by molar-refractivity contribution is -0.140. The highest BCUT2D eigenvalue weighted by Gasteiger charge is 2.36. The number of alkyl halides is 3. The van der Waals surface area contributed by atoms with E-state index in [0.29, 0.717) is 16.5 Å². The maximum absolute atomic E-state index is 14.0. The second kappa shape index (κ2) is 5.46. The zero-order chi connectivity index (χ0) is 15.1. The van der Waals surface area contributed by atoms with Crippen molar-refractivity contribution in [2.45, 2.75) is 19.2 Å². The van der Waals surface area contributed by atoms with Gasteiger partial charge >= 0.3 is 6.18 Å². The van der Waals surface area contributed by atoms with Crippen LogP contribution in [0, 0.1) is 12.7 Å². The molecule has 0 aliphatic heterocycles. The number of benzene rings is 1. The molecule has 1 aromatic heterocycles. The summed E-state index contributed by atoms with van der Waals surface area (Å²) in [6.45, 7) is 1.71. The van der Waals surface area contributed by atoms with Crippen molar-refractivity contribution in [3.8, 4) is 0 Å². The van der Waals surface area contributed by atoms with Crippen molar-refractivity contribution in [2.75, 3.05) is 0 Å². The topological polar surface area (TPSA) is 20.2 Å². The first kappa shape index (κ1) is 15.5. The molecule has 0 saturated carbocycles. The van der Waals surface area contributed by atoms with Gasteiger partial charge in [0, 0.05) is 10.4 Å². The van der Waals surface area contributed by atoms with E-state index in [-0.39, 0.29) is 5.56 Å². The van der Waals surface area contributed by atoms with Gasteiger partial charge in [0.1, 0.15) is 11.9 Å². The molecular weight excluding hydrogens is 360 g/mol. The van der Waals surface area contributed by atoms with E-state index in [0.717, 1.165) is 15.9 Å². The summed E-state index contributed by atoms with van der Waals surface area (Å²) in [6, 6.07) is 4.47. The first-order valence-electron chi connectivity index (χ1n) is 5.51. The predicted octanol–water partition coefficient (Wildman–Crippen LogP) is 5.06. The normalized spacial score (nSPS) is 13.6. The highest BCUT2D eigenvalue weighted by Crippen LogP contribution is 2.38. The molecule has 0 aliphatic rings. The van der Waals surface area contributed by atoms with Gasteiger partial charge in [-0.1, -0.05) is 12.1 Å². The summed E-state index contributed by atoms with van der Waals surface area (Å²) in [5, 5.41) is 10.1. The number of hydrogen-bond donors (Lipinski definition) is 1. The molecule has 0 radical (unpaired) electrons. The van der Waals surface area contributed by atoms with Crippen molar-refractivity contribution in [3.63, 3.8) is 0 Å². The molecule has 20 heavy (non-hydrogen) atoms. The first-order valence-corrected chi connectivity index (χ1v) is 7.12. The molecule has 1 aromatic carbocycles. The molecule has 1 atom stereocenters. The Kier molecular flexibility index (Phi) is 4.22. The zero-order valence-corrected chi connectivity index (χ0v) is 12.5. The number of aryl methyl sites for hydroxylation is 1. The average Bonchev–Trinajstić information content (AvgIpc) is 2.66. The van der Waals surface area contributed by atoms with Gasteiger partial charge in [-0.15, -0.1) is 11.3 Å². The SMILES string of the molecule is Cc1sc(Br)cc1C(O)c1cccc(C(F)(F)F)c1F. The molecular formula is C13H9BrF4OS. The maximum Gasteiger partial charge on any atom is 0.419 e. The number of aliphatic hydroxyl groups is 1. The average molecular weight is 369 g/mol. The van der Waals surface area contributed by atoms with Crippen molar-refractivity contribution < 1.29 is 22.7 Å². The van der Waals surface area contributed by atoms with Gasteiger partial charge < -0.3 is 5.11 Å². The van der Waals surface area contributed by atoms with Gasteiger partial charge in [-0.2, -0.15) is 13.2 Å². The largest absolute Gasteiger partial charge is 0.419 e. The summed E-state index contributed by atoms with van der Waals surface area (Å²) in [4.78, 5) is 0.709. The third kappa shape index (κ3) is 2.89. The quantitative estimate of drug-likeness (QED) is 0.734. The number of rotatable bonds is 2. The van der Waals surface area contributed by atoms with Gasteiger partial charge in [-0.3, -0.25) is 0 Å². The molecule has 0 bridgehead atoms. The van der Waals surface area contributed by atoms with E-state index >= 15 is 0 Å². The monoisotopic (exact) mass is 368 g/mol. The lowest BCUT2D eigenvalue weighted by Gasteiger charge is -2.15. The number of halogens is 5. The Balaban J connectivity index is 2.51. The number of aliphatic hydroxyl groups excluding tert-OH is 1. The molecule has 0 fully saturated rings. The minimum Gasteiger partial charge on any atom is -0.384 e. The minimum absolute atomic E-state index is 0.381. The van der Waals surface area contributed by atoms with Gasteiger partial charge in [-0.05, 0) is 40.5 Å². The number of thiophene rings is 1. The van der Waals surface area contributed by atoms with E-state index in [4.69, 9.17) is 0 Å². The third-order valence-electron chi connectivity index (χ3n) is 2.85. The first-order chi connectivity index (χ1) is 9.21. The van der Waals surface area contributed by atoms with Crippen LogP contribution < -0.4 is 0 Å². The van der Waals surface area contributed by atoms with Crippen LogP contribution in [0.3, 0.4) is 0 Å². The molecule has 0 amide bonds. The van der Waals surface area contributed by atoms with Crippen LogP contribution in [0.15, 0.2) is 28.1 Å². The van der Waals surface area contributed by atoms with Crippen LogP contribution >= 0.6 is 27.3 Å². The Morgan fingerprint density at radius 3 is 2.40 bits per heavy atom. The predicted molar refractivity (Wildman–Crippen MR) is 72.2 cm³/mol. The van der Waals surface area contributed by atoms with Crippen molar-refractivity contribution >= 4 is 27.3 Å². The van der Waals surface area contributed by atoms with Gasteiger partial charge in [0.15, 0.2) is 0 Å². The van der Waals surface area contributed by atoms with Crippen LogP contribution in [-0.2, 0) is 6.18 Å². The molecule has 2 rings (SSSR count). The van der Waals surface area contributed by atoms with Crippen LogP contribution in [0.1, 0.15) is 27.7 Å². The second-order valence-corrected chi connectivity index (χ2v) is 6.81. The van der Waals surface area contributed by atoms with Gasteiger partial charge in [0.25, 0.3) is 0 Å². The Labute approximate surface area is 125 Å². The Morgan fingerprint density at radius 2 is 1.90 bits per heavy atom. The van der Waals surface area contributed by atoms with E-state index in [1.54, 1.807) is 13.0 Å². The lowest BCUT2D eigenvalue weighted by Crippen LogP contribution is -2.12. The van der Waals surface area contributed by atoms with Crippen molar-refractivity contribution in [2.24, 2.45) is 0 Å². The lowest BCUT2D eigenvalue weighted by atomic mass is 9.99. The van der Waals surface area contributed by atoms with Crippen molar-refractivity contribution in [1.29, 1.82) is 0 Å². The molecule has 1 nitrogen and oxygen atoms in total.